The maximum Gasteiger partial charge on any atom is 0.263 e. The first-order valence-electron chi connectivity index (χ1n) is 8.07. The Labute approximate surface area is 152 Å². The summed E-state index contributed by atoms with van der Waals surface area (Å²) in [5, 5.41) is 0.235. The molecule has 1 saturated heterocycles. The summed E-state index contributed by atoms with van der Waals surface area (Å²) < 4.78 is 32.5. The van der Waals surface area contributed by atoms with Gasteiger partial charge in [0.1, 0.15) is 11.6 Å². The van der Waals surface area contributed by atoms with E-state index in [2.05, 4.69) is 14.6 Å². The Kier molecular flexibility index (Phi) is 5.34. The maximum absolute atomic E-state index is 12.5. The number of rotatable bonds is 5. The van der Waals surface area contributed by atoms with Crippen LogP contribution in [0.25, 0.3) is 0 Å². The van der Waals surface area contributed by atoms with Crippen LogP contribution in [-0.2, 0) is 10.0 Å². The summed E-state index contributed by atoms with van der Waals surface area (Å²) in [6, 6.07) is 7.87. The van der Waals surface area contributed by atoms with Gasteiger partial charge < -0.3 is 9.64 Å². The highest BCUT2D eigenvalue weighted by atomic mass is 35.5. The van der Waals surface area contributed by atoms with Gasteiger partial charge in [-0.1, -0.05) is 11.6 Å². The third-order valence-corrected chi connectivity index (χ3v) is 5.79. The number of pyridine rings is 1. The molecular formula is C17H20ClN3O3S. The molecule has 8 heteroatoms. The second kappa shape index (κ2) is 7.49. The van der Waals surface area contributed by atoms with Gasteiger partial charge in [-0.05, 0) is 49.6 Å². The van der Waals surface area contributed by atoms with Crippen molar-refractivity contribution in [2.75, 3.05) is 29.8 Å². The number of methoxy groups -OCH3 is 1. The van der Waals surface area contributed by atoms with Crippen LogP contribution >= 0.6 is 11.6 Å². The molecule has 1 aromatic heterocycles. The number of nitrogens with zero attached hydrogens (tertiary/aromatic N) is 2. The number of nitrogens with one attached hydrogen (secondary N) is 1. The van der Waals surface area contributed by atoms with Gasteiger partial charge in [-0.15, -0.1) is 0 Å². The number of aromatic nitrogens is 1. The van der Waals surface area contributed by atoms with Crippen molar-refractivity contribution >= 4 is 33.1 Å². The van der Waals surface area contributed by atoms with Crippen LogP contribution in [0.2, 0.25) is 5.02 Å². The number of hydrogen-bond acceptors (Lipinski definition) is 5. The standard InChI is InChI=1S/C17H20ClN3O3S/c1-24-16-7-6-14(11-15(16)18)25(22,23)20-17-8-5-13(12-19-17)21-9-3-2-4-10-21/h5-8,11-12H,2-4,9-10H2,1H3,(H,19,20). The minimum absolute atomic E-state index is 0.0557. The second-order valence-electron chi connectivity index (χ2n) is 5.85. The van der Waals surface area contributed by atoms with Crippen LogP contribution in [-0.4, -0.2) is 33.6 Å². The van der Waals surface area contributed by atoms with Gasteiger partial charge in [0.25, 0.3) is 10.0 Å². The number of halogens is 1. The Morgan fingerprint density at radius 3 is 2.52 bits per heavy atom. The van der Waals surface area contributed by atoms with Crippen molar-refractivity contribution in [2.45, 2.75) is 24.2 Å². The Morgan fingerprint density at radius 1 is 1.16 bits per heavy atom. The van der Waals surface area contributed by atoms with E-state index in [0.717, 1.165) is 18.8 Å². The van der Waals surface area contributed by atoms with Crippen molar-refractivity contribution in [1.29, 1.82) is 0 Å². The SMILES string of the molecule is COc1ccc(S(=O)(=O)Nc2ccc(N3CCCCC3)cn2)cc1Cl. The van der Waals surface area contributed by atoms with Gasteiger partial charge in [-0.3, -0.25) is 4.72 Å². The smallest absolute Gasteiger partial charge is 0.263 e. The van der Waals surface area contributed by atoms with Crippen LogP contribution in [0.1, 0.15) is 19.3 Å². The van der Waals surface area contributed by atoms with Crippen LogP contribution in [0.5, 0.6) is 5.75 Å². The van der Waals surface area contributed by atoms with E-state index >= 15 is 0 Å². The van der Waals surface area contributed by atoms with Gasteiger partial charge in [0, 0.05) is 13.1 Å². The number of hydrogen-bond donors (Lipinski definition) is 1. The van der Waals surface area contributed by atoms with E-state index in [9.17, 15) is 8.42 Å². The van der Waals surface area contributed by atoms with Crippen molar-refractivity contribution in [3.63, 3.8) is 0 Å². The van der Waals surface area contributed by atoms with Gasteiger partial charge in [-0.2, -0.15) is 0 Å². The minimum Gasteiger partial charge on any atom is -0.495 e. The molecule has 0 aliphatic carbocycles. The highest BCUT2D eigenvalue weighted by molar-refractivity contribution is 7.92. The quantitative estimate of drug-likeness (QED) is 0.857. The van der Waals surface area contributed by atoms with E-state index in [0.29, 0.717) is 5.75 Å². The van der Waals surface area contributed by atoms with Gasteiger partial charge in [0.15, 0.2) is 0 Å². The average molecular weight is 382 g/mol. The molecule has 3 rings (SSSR count). The maximum atomic E-state index is 12.5. The lowest BCUT2D eigenvalue weighted by molar-refractivity contribution is 0.414. The minimum atomic E-state index is -3.76. The third kappa shape index (κ3) is 4.16. The van der Waals surface area contributed by atoms with Crippen molar-refractivity contribution in [1.82, 2.24) is 4.98 Å². The van der Waals surface area contributed by atoms with E-state index in [4.69, 9.17) is 16.3 Å². The lowest BCUT2D eigenvalue weighted by atomic mass is 10.1. The summed E-state index contributed by atoms with van der Waals surface area (Å²) in [6.07, 6.45) is 5.30. The fraction of sp³-hybridized carbons (Fsp3) is 0.353. The molecule has 25 heavy (non-hydrogen) atoms. The molecule has 1 fully saturated rings. The predicted octanol–water partition coefficient (Wildman–Crippen LogP) is 3.53. The number of ether oxygens (including phenoxy) is 1. The largest absolute Gasteiger partial charge is 0.495 e. The molecule has 1 aliphatic rings. The fourth-order valence-electron chi connectivity index (χ4n) is 2.80. The molecule has 1 aromatic carbocycles. The van der Waals surface area contributed by atoms with E-state index in [-0.39, 0.29) is 15.7 Å². The van der Waals surface area contributed by atoms with E-state index in [1.165, 1.54) is 44.6 Å². The van der Waals surface area contributed by atoms with Crippen molar-refractivity contribution in [3.05, 3.63) is 41.6 Å². The zero-order chi connectivity index (χ0) is 17.9. The molecule has 0 amide bonds. The first-order chi connectivity index (χ1) is 12.0. The summed E-state index contributed by atoms with van der Waals surface area (Å²) in [4.78, 5) is 6.55. The molecule has 0 bridgehead atoms. The lowest BCUT2D eigenvalue weighted by Crippen LogP contribution is -2.29. The topological polar surface area (TPSA) is 71.5 Å². The summed E-state index contributed by atoms with van der Waals surface area (Å²) in [5.74, 6) is 0.692. The molecule has 0 atom stereocenters. The zero-order valence-corrected chi connectivity index (χ0v) is 15.5. The second-order valence-corrected chi connectivity index (χ2v) is 7.94. The first-order valence-corrected chi connectivity index (χ1v) is 9.93. The molecule has 6 nitrogen and oxygen atoms in total. The molecule has 134 valence electrons. The van der Waals surface area contributed by atoms with E-state index < -0.39 is 10.0 Å². The highest BCUT2D eigenvalue weighted by Crippen LogP contribution is 2.28. The average Bonchev–Trinajstić information content (AvgIpc) is 2.62. The number of sulfonamides is 1. The lowest BCUT2D eigenvalue weighted by Gasteiger charge is -2.28. The fourth-order valence-corrected chi connectivity index (χ4v) is 4.15. The molecule has 2 heterocycles. The van der Waals surface area contributed by atoms with Crippen molar-refractivity contribution in [3.8, 4) is 5.75 Å². The van der Waals surface area contributed by atoms with Crippen LogP contribution in [0.3, 0.4) is 0 Å². The molecule has 1 N–H and O–H groups in total. The molecule has 0 spiro atoms. The van der Waals surface area contributed by atoms with E-state index in [1.54, 1.807) is 12.3 Å². The summed E-state index contributed by atoms with van der Waals surface area (Å²) in [6.45, 7) is 2.02. The van der Waals surface area contributed by atoms with Gasteiger partial charge >= 0.3 is 0 Å². The Morgan fingerprint density at radius 2 is 1.92 bits per heavy atom. The zero-order valence-electron chi connectivity index (χ0n) is 13.9. The van der Waals surface area contributed by atoms with Gasteiger partial charge in [0.2, 0.25) is 0 Å². The third-order valence-electron chi connectivity index (χ3n) is 4.14. The number of benzene rings is 1. The number of anilines is 2. The molecule has 1 aliphatic heterocycles. The Bertz CT molecular complexity index is 835. The predicted molar refractivity (Wildman–Crippen MR) is 99.1 cm³/mol. The van der Waals surface area contributed by atoms with Crippen LogP contribution < -0.4 is 14.4 Å². The summed E-state index contributed by atoms with van der Waals surface area (Å²) in [5.41, 5.74) is 1.01. The van der Waals surface area contributed by atoms with Crippen LogP contribution in [0, 0.1) is 0 Å². The highest BCUT2D eigenvalue weighted by Gasteiger charge is 2.17. The van der Waals surface area contributed by atoms with Gasteiger partial charge in [0.05, 0.1) is 28.9 Å². The van der Waals surface area contributed by atoms with Crippen LogP contribution in [0.15, 0.2) is 41.4 Å². The van der Waals surface area contributed by atoms with Crippen molar-refractivity contribution in [2.24, 2.45) is 0 Å². The van der Waals surface area contributed by atoms with E-state index in [1.807, 2.05) is 6.07 Å². The molecule has 0 radical (unpaired) electrons. The van der Waals surface area contributed by atoms with Crippen LogP contribution in [0.4, 0.5) is 11.5 Å². The first kappa shape index (κ1) is 17.8. The van der Waals surface area contributed by atoms with Crippen molar-refractivity contribution < 1.29 is 13.2 Å². The monoisotopic (exact) mass is 381 g/mol. The summed E-state index contributed by atoms with van der Waals surface area (Å²) >= 11 is 6.01. The molecule has 0 unspecified atom stereocenters. The molecular weight excluding hydrogens is 362 g/mol. The molecule has 0 saturated carbocycles. The normalized spacial score (nSPS) is 15.0. The Balaban J connectivity index is 1.75. The summed E-state index contributed by atoms with van der Waals surface area (Å²) in [7, 11) is -2.29. The Hall–Kier alpha value is -1.99. The number of piperidine rings is 1. The molecule has 2 aromatic rings. The van der Waals surface area contributed by atoms with Gasteiger partial charge in [-0.25, -0.2) is 13.4 Å².